The second kappa shape index (κ2) is 6.12. The van der Waals surface area contributed by atoms with Crippen LogP contribution in [0.1, 0.15) is 11.7 Å². The normalized spacial score (nSPS) is 12.2. The lowest BCUT2D eigenvalue weighted by Crippen LogP contribution is -2.13. The molecule has 1 atom stereocenters. The van der Waals surface area contributed by atoms with E-state index in [1.807, 2.05) is 18.2 Å². The smallest absolute Gasteiger partial charge is 0.150 e. The molecule has 5 heteroatoms. The maximum absolute atomic E-state index is 13.6. The van der Waals surface area contributed by atoms with Gasteiger partial charge in [-0.2, -0.15) is 0 Å². The fraction of sp³-hybridized carbons (Fsp3) is 0.143. The Balaban J connectivity index is 2.07. The van der Waals surface area contributed by atoms with Gasteiger partial charge in [-0.05, 0) is 27.6 Å². The molecule has 0 amide bonds. The van der Waals surface area contributed by atoms with Gasteiger partial charge in [0.2, 0.25) is 0 Å². The number of rotatable bonds is 4. The lowest BCUT2D eigenvalue weighted by Gasteiger charge is -2.14. The Morgan fingerprint density at radius 1 is 1.16 bits per heavy atom. The molecule has 2 N–H and O–H groups in total. The first-order chi connectivity index (χ1) is 9.08. The molecule has 0 bridgehead atoms. The summed E-state index contributed by atoms with van der Waals surface area (Å²) in [5, 5.41) is 12.7. The van der Waals surface area contributed by atoms with E-state index < -0.39 is 17.7 Å². The summed E-state index contributed by atoms with van der Waals surface area (Å²) < 4.78 is 26.8. The zero-order valence-electron chi connectivity index (χ0n) is 9.91. The number of nitrogens with one attached hydrogen (secondary N) is 1. The molecule has 0 heterocycles. The van der Waals surface area contributed by atoms with Gasteiger partial charge in [0.1, 0.15) is 11.6 Å². The molecule has 0 aromatic heterocycles. The van der Waals surface area contributed by atoms with Gasteiger partial charge in [0, 0.05) is 17.1 Å². The molecule has 2 nitrogen and oxygen atoms in total. The monoisotopic (exact) mass is 327 g/mol. The lowest BCUT2D eigenvalue weighted by molar-refractivity contribution is 0.191. The van der Waals surface area contributed by atoms with E-state index in [1.165, 1.54) is 6.07 Å². The van der Waals surface area contributed by atoms with E-state index in [9.17, 15) is 13.9 Å². The van der Waals surface area contributed by atoms with Gasteiger partial charge in [-0.25, -0.2) is 8.78 Å². The van der Waals surface area contributed by atoms with E-state index >= 15 is 0 Å². The van der Waals surface area contributed by atoms with E-state index in [4.69, 9.17) is 0 Å². The fourth-order valence-electron chi connectivity index (χ4n) is 1.70. The molecule has 0 aliphatic heterocycles. The van der Waals surface area contributed by atoms with E-state index in [0.29, 0.717) is 0 Å². The molecule has 2 aromatic rings. The van der Waals surface area contributed by atoms with E-state index in [0.717, 1.165) is 11.6 Å². The minimum absolute atomic E-state index is 0.130. The van der Waals surface area contributed by atoms with Gasteiger partial charge in [-0.15, -0.1) is 0 Å². The standard InChI is InChI=1S/C14H12BrF2NO/c15-11-6-10(16)7-12(17)14(11)18-8-13(19)9-4-2-1-3-5-9/h1-7,13,18-19H,8H2. The summed E-state index contributed by atoms with van der Waals surface area (Å²) in [6, 6.07) is 11.0. The Morgan fingerprint density at radius 2 is 1.84 bits per heavy atom. The van der Waals surface area contributed by atoms with Crippen LogP contribution in [0.25, 0.3) is 0 Å². The molecule has 0 saturated carbocycles. The summed E-state index contributed by atoms with van der Waals surface area (Å²) in [5.41, 5.74) is 0.866. The van der Waals surface area contributed by atoms with Crippen molar-refractivity contribution in [1.82, 2.24) is 0 Å². The van der Waals surface area contributed by atoms with Gasteiger partial charge in [-0.3, -0.25) is 0 Å². The third-order valence-corrected chi connectivity index (χ3v) is 3.29. The van der Waals surface area contributed by atoms with Crippen molar-refractivity contribution < 1.29 is 13.9 Å². The van der Waals surface area contributed by atoms with Gasteiger partial charge in [0.15, 0.2) is 0 Å². The van der Waals surface area contributed by atoms with Gasteiger partial charge in [-0.1, -0.05) is 30.3 Å². The number of hydrogen-bond donors (Lipinski definition) is 2. The van der Waals surface area contributed by atoms with Crippen molar-refractivity contribution in [3.05, 3.63) is 64.1 Å². The van der Waals surface area contributed by atoms with E-state index in [-0.39, 0.29) is 16.7 Å². The highest BCUT2D eigenvalue weighted by atomic mass is 79.9. The van der Waals surface area contributed by atoms with Crippen LogP contribution >= 0.6 is 15.9 Å². The topological polar surface area (TPSA) is 32.3 Å². The first-order valence-corrected chi connectivity index (χ1v) is 6.48. The van der Waals surface area contributed by atoms with Crippen LogP contribution in [-0.4, -0.2) is 11.7 Å². The van der Waals surface area contributed by atoms with Crippen molar-refractivity contribution in [2.24, 2.45) is 0 Å². The summed E-state index contributed by atoms with van der Waals surface area (Å²) in [6.07, 6.45) is -0.766. The van der Waals surface area contributed by atoms with Crippen LogP contribution in [0.2, 0.25) is 0 Å². The lowest BCUT2D eigenvalue weighted by atomic mass is 10.1. The number of benzene rings is 2. The Morgan fingerprint density at radius 3 is 2.47 bits per heavy atom. The van der Waals surface area contributed by atoms with Gasteiger partial charge < -0.3 is 10.4 Å². The molecule has 0 aliphatic rings. The highest BCUT2D eigenvalue weighted by molar-refractivity contribution is 9.10. The summed E-state index contributed by atoms with van der Waals surface area (Å²) in [7, 11) is 0. The molecule has 2 aromatic carbocycles. The number of anilines is 1. The minimum Gasteiger partial charge on any atom is -0.387 e. The molecule has 2 rings (SSSR count). The van der Waals surface area contributed by atoms with Crippen molar-refractivity contribution in [3.63, 3.8) is 0 Å². The molecule has 0 aliphatic carbocycles. The first-order valence-electron chi connectivity index (χ1n) is 5.69. The predicted molar refractivity (Wildman–Crippen MR) is 73.9 cm³/mol. The summed E-state index contributed by atoms with van der Waals surface area (Å²) in [5.74, 6) is -1.36. The summed E-state index contributed by atoms with van der Waals surface area (Å²) in [6.45, 7) is 0.130. The van der Waals surface area contributed by atoms with Gasteiger partial charge in [0.05, 0.1) is 11.8 Å². The molecule has 0 saturated heterocycles. The average Bonchev–Trinajstić information content (AvgIpc) is 2.38. The van der Waals surface area contributed by atoms with Crippen LogP contribution in [0.15, 0.2) is 46.9 Å². The third kappa shape index (κ3) is 3.52. The molecule has 1 unspecified atom stereocenters. The number of aliphatic hydroxyl groups is 1. The Bertz CT molecular complexity index is 540. The SMILES string of the molecule is OC(CNc1c(F)cc(F)cc1Br)c1ccccc1. The Hall–Kier alpha value is -1.46. The van der Waals surface area contributed by atoms with Gasteiger partial charge >= 0.3 is 0 Å². The zero-order valence-corrected chi connectivity index (χ0v) is 11.5. The zero-order chi connectivity index (χ0) is 13.8. The van der Waals surface area contributed by atoms with Crippen LogP contribution in [0.3, 0.4) is 0 Å². The van der Waals surface area contributed by atoms with Crippen LogP contribution in [0.4, 0.5) is 14.5 Å². The Kier molecular flexibility index (Phi) is 4.50. The van der Waals surface area contributed by atoms with Crippen molar-refractivity contribution in [2.75, 3.05) is 11.9 Å². The number of aliphatic hydroxyl groups excluding tert-OH is 1. The molecule has 0 fully saturated rings. The maximum Gasteiger partial charge on any atom is 0.150 e. The van der Waals surface area contributed by atoms with Crippen LogP contribution < -0.4 is 5.32 Å². The van der Waals surface area contributed by atoms with Gasteiger partial charge in [0.25, 0.3) is 0 Å². The number of hydrogen-bond acceptors (Lipinski definition) is 2. The number of halogens is 3. The van der Waals surface area contributed by atoms with E-state index in [2.05, 4.69) is 21.2 Å². The largest absolute Gasteiger partial charge is 0.387 e. The quantitative estimate of drug-likeness (QED) is 0.893. The third-order valence-electron chi connectivity index (χ3n) is 2.66. The predicted octanol–water partition coefficient (Wildman–Crippen LogP) is 3.87. The molecule has 100 valence electrons. The van der Waals surface area contributed by atoms with Crippen molar-refractivity contribution >= 4 is 21.6 Å². The van der Waals surface area contributed by atoms with Crippen LogP contribution in [0, 0.1) is 11.6 Å². The molecule has 0 spiro atoms. The second-order valence-corrected chi connectivity index (χ2v) is 4.91. The summed E-state index contributed by atoms with van der Waals surface area (Å²) >= 11 is 3.08. The summed E-state index contributed by atoms with van der Waals surface area (Å²) in [4.78, 5) is 0. The van der Waals surface area contributed by atoms with Crippen molar-refractivity contribution in [3.8, 4) is 0 Å². The molecule has 0 radical (unpaired) electrons. The highest BCUT2D eigenvalue weighted by Gasteiger charge is 2.12. The van der Waals surface area contributed by atoms with E-state index in [1.54, 1.807) is 12.1 Å². The molecular formula is C14H12BrF2NO. The second-order valence-electron chi connectivity index (χ2n) is 4.05. The van der Waals surface area contributed by atoms with Crippen LogP contribution in [0.5, 0.6) is 0 Å². The first kappa shape index (κ1) is 14.0. The molecule has 19 heavy (non-hydrogen) atoms. The van der Waals surface area contributed by atoms with Crippen molar-refractivity contribution in [1.29, 1.82) is 0 Å². The maximum atomic E-state index is 13.6. The Labute approximate surface area is 118 Å². The minimum atomic E-state index is -0.766. The average molecular weight is 328 g/mol. The highest BCUT2D eigenvalue weighted by Crippen LogP contribution is 2.27. The van der Waals surface area contributed by atoms with Crippen LogP contribution in [-0.2, 0) is 0 Å². The molecular weight excluding hydrogens is 316 g/mol. The fourth-order valence-corrected chi connectivity index (χ4v) is 2.25. The van der Waals surface area contributed by atoms with Crippen molar-refractivity contribution in [2.45, 2.75) is 6.10 Å².